The van der Waals surface area contributed by atoms with Gasteiger partial charge in [-0.1, -0.05) is 24.7 Å². The zero-order chi connectivity index (χ0) is 14.4. The first-order chi connectivity index (χ1) is 9.70. The van der Waals surface area contributed by atoms with Crippen molar-refractivity contribution in [3.05, 3.63) is 21.4 Å². The normalized spacial score (nSPS) is 14.9. The van der Waals surface area contributed by atoms with Gasteiger partial charge in [0.15, 0.2) is 0 Å². The lowest BCUT2D eigenvalue weighted by molar-refractivity contribution is 0.0951. The second-order valence-electron chi connectivity index (χ2n) is 5.26. The van der Waals surface area contributed by atoms with Crippen LogP contribution < -0.4 is 5.32 Å². The zero-order valence-corrected chi connectivity index (χ0v) is 12.7. The van der Waals surface area contributed by atoms with Gasteiger partial charge in [0, 0.05) is 13.0 Å². The molecule has 1 heterocycles. The molecule has 0 spiro atoms. The van der Waals surface area contributed by atoms with Crippen molar-refractivity contribution >= 4 is 17.2 Å². The van der Waals surface area contributed by atoms with E-state index in [4.69, 9.17) is 5.11 Å². The van der Waals surface area contributed by atoms with Gasteiger partial charge in [-0.05, 0) is 37.3 Å². The zero-order valence-electron chi connectivity index (χ0n) is 11.9. The summed E-state index contributed by atoms with van der Waals surface area (Å²) in [4.78, 5) is 13.8. The highest BCUT2D eigenvalue weighted by Gasteiger charge is 2.17. The van der Waals surface area contributed by atoms with E-state index < -0.39 is 0 Å². The highest BCUT2D eigenvalue weighted by Crippen LogP contribution is 2.24. The molecule has 1 saturated carbocycles. The molecule has 0 atom stereocenters. The number of aryl methyl sites for hydroxylation is 1. The lowest BCUT2D eigenvalue weighted by atomic mass is 10.1. The van der Waals surface area contributed by atoms with E-state index in [-0.39, 0.29) is 12.5 Å². The lowest BCUT2D eigenvalue weighted by Gasteiger charge is -2.09. The van der Waals surface area contributed by atoms with Crippen molar-refractivity contribution in [1.82, 2.24) is 5.32 Å². The number of aliphatic hydroxyl groups excluding tert-OH is 1. The topological polar surface area (TPSA) is 49.3 Å². The summed E-state index contributed by atoms with van der Waals surface area (Å²) in [5.74, 6) is 6.59. The standard InChI is InChI=1S/C16H21NO2S/c1-12-10-15(20-14(12)8-4-5-9-18)16(19)17-11-13-6-2-3-7-13/h10,13,18H,2-3,5-7,9,11H2,1H3,(H,17,19). The van der Waals surface area contributed by atoms with Crippen LogP contribution >= 0.6 is 11.3 Å². The summed E-state index contributed by atoms with van der Waals surface area (Å²) in [6.45, 7) is 2.83. The summed E-state index contributed by atoms with van der Waals surface area (Å²) in [6, 6.07) is 1.90. The van der Waals surface area contributed by atoms with Crippen LogP contribution in [0.2, 0.25) is 0 Å². The van der Waals surface area contributed by atoms with Gasteiger partial charge in [0.1, 0.15) is 0 Å². The molecule has 1 fully saturated rings. The smallest absolute Gasteiger partial charge is 0.261 e. The van der Waals surface area contributed by atoms with E-state index in [9.17, 15) is 4.79 Å². The Morgan fingerprint density at radius 3 is 2.95 bits per heavy atom. The van der Waals surface area contributed by atoms with Gasteiger partial charge in [-0.3, -0.25) is 4.79 Å². The molecule has 1 aliphatic rings. The van der Waals surface area contributed by atoms with E-state index in [1.54, 1.807) is 0 Å². The lowest BCUT2D eigenvalue weighted by Crippen LogP contribution is -2.27. The maximum atomic E-state index is 12.1. The number of aliphatic hydroxyl groups is 1. The van der Waals surface area contributed by atoms with Crippen LogP contribution in [-0.4, -0.2) is 24.2 Å². The fourth-order valence-corrected chi connectivity index (χ4v) is 3.42. The van der Waals surface area contributed by atoms with Gasteiger partial charge in [0.25, 0.3) is 5.91 Å². The number of thiophene rings is 1. The highest BCUT2D eigenvalue weighted by atomic mass is 32.1. The second-order valence-corrected chi connectivity index (χ2v) is 6.31. The Hall–Kier alpha value is -1.31. The molecule has 2 N–H and O–H groups in total. The van der Waals surface area contributed by atoms with Crippen LogP contribution in [-0.2, 0) is 0 Å². The minimum Gasteiger partial charge on any atom is -0.395 e. The van der Waals surface area contributed by atoms with E-state index in [1.165, 1.54) is 37.0 Å². The maximum absolute atomic E-state index is 12.1. The Labute approximate surface area is 124 Å². The molecule has 1 aliphatic carbocycles. The fraction of sp³-hybridized carbons (Fsp3) is 0.562. The Morgan fingerprint density at radius 2 is 2.25 bits per heavy atom. The molecule has 4 heteroatoms. The maximum Gasteiger partial charge on any atom is 0.261 e. The predicted octanol–water partition coefficient (Wildman–Crippen LogP) is 2.71. The van der Waals surface area contributed by atoms with Gasteiger partial charge in [-0.15, -0.1) is 11.3 Å². The van der Waals surface area contributed by atoms with Crippen molar-refractivity contribution in [2.75, 3.05) is 13.2 Å². The molecule has 3 nitrogen and oxygen atoms in total. The summed E-state index contributed by atoms with van der Waals surface area (Å²) in [5.41, 5.74) is 1.03. The molecule has 0 radical (unpaired) electrons. The quantitative estimate of drug-likeness (QED) is 0.838. The summed E-state index contributed by atoms with van der Waals surface area (Å²) < 4.78 is 0. The number of nitrogens with one attached hydrogen (secondary N) is 1. The Balaban J connectivity index is 1.93. The molecule has 0 aromatic carbocycles. The molecule has 0 bridgehead atoms. The first kappa shape index (κ1) is 15.1. The predicted molar refractivity (Wildman–Crippen MR) is 81.9 cm³/mol. The van der Waals surface area contributed by atoms with Crippen LogP contribution in [0.15, 0.2) is 6.07 Å². The first-order valence-electron chi connectivity index (χ1n) is 7.19. The van der Waals surface area contributed by atoms with Crippen molar-refractivity contribution in [3.8, 4) is 11.8 Å². The Bertz CT molecular complexity index is 518. The van der Waals surface area contributed by atoms with Crippen LogP contribution in [0.1, 0.15) is 52.2 Å². The number of hydrogen-bond donors (Lipinski definition) is 2. The second kappa shape index (κ2) is 7.47. The third-order valence-corrected chi connectivity index (χ3v) is 4.76. The van der Waals surface area contributed by atoms with Gasteiger partial charge in [0.05, 0.1) is 16.4 Å². The molecule has 1 aromatic rings. The van der Waals surface area contributed by atoms with E-state index >= 15 is 0 Å². The third kappa shape index (κ3) is 4.09. The van der Waals surface area contributed by atoms with Crippen molar-refractivity contribution in [2.24, 2.45) is 5.92 Å². The van der Waals surface area contributed by atoms with Crippen LogP contribution in [0.3, 0.4) is 0 Å². The molecule has 2 rings (SSSR count). The number of carbonyl (C=O) groups excluding carboxylic acids is 1. The molecule has 108 valence electrons. The molecule has 1 aromatic heterocycles. The SMILES string of the molecule is Cc1cc(C(=O)NCC2CCCC2)sc1C#CCCO. The van der Waals surface area contributed by atoms with Crippen LogP contribution in [0, 0.1) is 24.7 Å². The van der Waals surface area contributed by atoms with Gasteiger partial charge in [-0.2, -0.15) is 0 Å². The molecule has 20 heavy (non-hydrogen) atoms. The molecule has 0 aliphatic heterocycles. The minimum atomic E-state index is 0.0141. The van der Waals surface area contributed by atoms with Crippen molar-refractivity contribution < 1.29 is 9.90 Å². The summed E-state index contributed by atoms with van der Waals surface area (Å²) in [5, 5.41) is 11.7. The Morgan fingerprint density at radius 1 is 1.50 bits per heavy atom. The van der Waals surface area contributed by atoms with Crippen molar-refractivity contribution in [1.29, 1.82) is 0 Å². The average molecular weight is 291 g/mol. The van der Waals surface area contributed by atoms with Crippen LogP contribution in [0.4, 0.5) is 0 Å². The number of rotatable bonds is 4. The van der Waals surface area contributed by atoms with E-state index in [1.807, 2.05) is 13.0 Å². The molecule has 1 amide bonds. The minimum absolute atomic E-state index is 0.0141. The van der Waals surface area contributed by atoms with Crippen molar-refractivity contribution in [2.45, 2.75) is 39.0 Å². The molecule has 0 unspecified atom stereocenters. The molecule has 0 saturated heterocycles. The highest BCUT2D eigenvalue weighted by molar-refractivity contribution is 7.14. The molecular formula is C16H21NO2S. The van der Waals surface area contributed by atoms with Gasteiger partial charge in [0.2, 0.25) is 0 Å². The van der Waals surface area contributed by atoms with Gasteiger partial charge in [-0.25, -0.2) is 0 Å². The number of amides is 1. The van der Waals surface area contributed by atoms with Crippen LogP contribution in [0.5, 0.6) is 0 Å². The van der Waals surface area contributed by atoms with Crippen LogP contribution in [0.25, 0.3) is 0 Å². The van der Waals surface area contributed by atoms with E-state index in [0.717, 1.165) is 21.9 Å². The van der Waals surface area contributed by atoms with Crippen molar-refractivity contribution in [3.63, 3.8) is 0 Å². The summed E-state index contributed by atoms with van der Waals surface area (Å²) >= 11 is 1.43. The summed E-state index contributed by atoms with van der Waals surface area (Å²) in [7, 11) is 0. The van der Waals surface area contributed by atoms with Gasteiger partial charge >= 0.3 is 0 Å². The third-order valence-electron chi connectivity index (χ3n) is 3.61. The van der Waals surface area contributed by atoms with E-state index in [2.05, 4.69) is 17.2 Å². The largest absolute Gasteiger partial charge is 0.395 e. The summed E-state index contributed by atoms with van der Waals surface area (Å²) in [6.07, 6.45) is 5.54. The fourth-order valence-electron chi connectivity index (χ4n) is 2.46. The first-order valence-corrected chi connectivity index (χ1v) is 8.00. The Kier molecular flexibility index (Phi) is 5.63. The number of carbonyl (C=O) groups is 1. The monoisotopic (exact) mass is 291 g/mol. The average Bonchev–Trinajstić information content (AvgIpc) is 3.07. The molecular weight excluding hydrogens is 270 g/mol. The van der Waals surface area contributed by atoms with Gasteiger partial charge < -0.3 is 10.4 Å². The number of hydrogen-bond acceptors (Lipinski definition) is 3. The van der Waals surface area contributed by atoms with E-state index in [0.29, 0.717) is 12.3 Å².